The fraction of sp³-hybridized carbons (Fsp3) is 0.538. The molecular weight excluding hydrogens is 221 g/mol. The molecular formula is C13H20FNO2. The predicted molar refractivity (Wildman–Crippen MR) is 65.6 cm³/mol. The molecule has 0 bridgehead atoms. The molecule has 0 saturated heterocycles. The lowest BCUT2D eigenvalue weighted by Gasteiger charge is -2.13. The minimum atomic E-state index is -0.462. The van der Waals surface area contributed by atoms with Crippen molar-refractivity contribution in [3.63, 3.8) is 0 Å². The number of hydrogen-bond acceptors (Lipinski definition) is 3. The highest BCUT2D eigenvalue weighted by Gasteiger charge is 2.07. The number of methoxy groups -OCH3 is 1. The van der Waals surface area contributed by atoms with Gasteiger partial charge in [-0.1, -0.05) is 6.07 Å². The fourth-order valence-electron chi connectivity index (χ4n) is 1.66. The van der Waals surface area contributed by atoms with Crippen molar-refractivity contribution >= 4 is 0 Å². The van der Waals surface area contributed by atoms with E-state index in [1.165, 1.54) is 12.1 Å². The van der Waals surface area contributed by atoms with E-state index in [0.29, 0.717) is 19.6 Å². The van der Waals surface area contributed by atoms with Crippen LogP contribution in [0, 0.1) is 12.7 Å². The van der Waals surface area contributed by atoms with Crippen molar-refractivity contribution in [3.05, 3.63) is 35.1 Å². The van der Waals surface area contributed by atoms with Gasteiger partial charge in [-0.25, -0.2) is 4.39 Å². The molecule has 0 aliphatic rings. The van der Waals surface area contributed by atoms with Gasteiger partial charge in [0.1, 0.15) is 5.82 Å². The summed E-state index contributed by atoms with van der Waals surface area (Å²) in [5.74, 6) is -0.237. The molecule has 3 nitrogen and oxygen atoms in total. The average molecular weight is 241 g/mol. The molecule has 96 valence electrons. The number of nitrogens with one attached hydrogen (secondary N) is 1. The van der Waals surface area contributed by atoms with Crippen LogP contribution >= 0.6 is 0 Å². The Morgan fingerprint density at radius 1 is 1.47 bits per heavy atom. The summed E-state index contributed by atoms with van der Waals surface area (Å²) in [6.45, 7) is 3.71. The largest absolute Gasteiger partial charge is 0.391 e. The molecule has 2 N–H and O–H groups in total. The third-order valence-electron chi connectivity index (χ3n) is 2.62. The van der Waals surface area contributed by atoms with Crippen LogP contribution in [-0.4, -0.2) is 38.0 Å². The van der Waals surface area contributed by atoms with Crippen molar-refractivity contribution < 1.29 is 14.2 Å². The van der Waals surface area contributed by atoms with Gasteiger partial charge >= 0.3 is 0 Å². The summed E-state index contributed by atoms with van der Waals surface area (Å²) in [6.07, 6.45) is 0.0718. The molecule has 0 aliphatic carbocycles. The van der Waals surface area contributed by atoms with E-state index in [0.717, 1.165) is 17.7 Å². The van der Waals surface area contributed by atoms with Crippen LogP contribution in [-0.2, 0) is 11.2 Å². The summed E-state index contributed by atoms with van der Waals surface area (Å²) in [5.41, 5.74) is 1.85. The first-order valence-corrected chi connectivity index (χ1v) is 5.76. The minimum Gasteiger partial charge on any atom is -0.391 e. The van der Waals surface area contributed by atoms with Gasteiger partial charge in [0.15, 0.2) is 0 Å². The monoisotopic (exact) mass is 241 g/mol. The number of rotatable bonds is 7. The van der Waals surface area contributed by atoms with Gasteiger partial charge in [0.05, 0.1) is 12.7 Å². The van der Waals surface area contributed by atoms with E-state index in [4.69, 9.17) is 4.74 Å². The first-order valence-electron chi connectivity index (χ1n) is 5.76. The molecule has 0 fully saturated rings. The fourth-order valence-corrected chi connectivity index (χ4v) is 1.66. The average Bonchev–Trinajstić information content (AvgIpc) is 2.28. The molecule has 0 spiro atoms. The smallest absolute Gasteiger partial charge is 0.123 e. The lowest BCUT2D eigenvalue weighted by Crippen LogP contribution is -2.30. The zero-order chi connectivity index (χ0) is 12.7. The molecule has 0 amide bonds. The number of aryl methyl sites for hydroxylation is 1. The summed E-state index contributed by atoms with van der Waals surface area (Å²) in [6, 6.07) is 4.64. The predicted octanol–water partition coefficient (Wildman–Crippen LogP) is 1.27. The molecule has 0 aromatic heterocycles. The third kappa shape index (κ3) is 5.26. The van der Waals surface area contributed by atoms with E-state index in [1.54, 1.807) is 13.2 Å². The molecule has 0 radical (unpaired) electrons. The zero-order valence-electron chi connectivity index (χ0n) is 10.4. The van der Waals surface area contributed by atoms with E-state index in [-0.39, 0.29) is 5.82 Å². The Morgan fingerprint density at radius 2 is 2.24 bits per heavy atom. The van der Waals surface area contributed by atoms with Gasteiger partial charge in [-0.3, -0.25) is 0 Å². The SMILES string of the molecule is COCCNCC(O)Cc1ccc(F)cc1C. The number of halogens is 1. The van der Waals surface area contributed by atoms with Gasteiger partial charge in [0.25, 0.3) is 0 Å². The number of aliphatic hydroxyl groups is 1. The molecule has 1 unspecified atom stereocenters. The van der Waals surface area contributed by atoms with Crippen molar-refractivity contribution in [1.82, 2.24) is 5.32 Å². The topological polar surface area (TPSA) is 41.5 Å². The Balaban J connectivity index is 2.37. The highest BCUT2D eigenvalue weighted by atomic mass is 19.1. The van der Waals surface area contributed by atoms with E-state index < -0.39 is 6.10 Å². The highest BCUT2D eigenvalue weighted by Crippen LogP contribution is 2.12. The molecule has 1 atom stereocenters. The van der Waals surface area contributed by atoms with Crippen LogP contribution < -0.4 is 5.32 Å². The van der Waals surface area contributed by atoms with Crippen LogP contribution in [0.25, 0.3) is 0 Å². The first-order chi connectivity index (χ1) is 8.13. The third-order valence-corrected chi connectivity index (χ3v) is 2.62. The standard InChI is InChI=1S/C13H20FNO2/c1-10-7-12(14)4-3-11(10)8-13(16)9-15-5-6-17-2/h3-4,7,13,15-16H,5-6,8-9H2,1-2H3. The molecule has 1 rings (SSSR count). The second-order valence-corrected chi connectivity index (χ2v) is 4.13. The second kappa shape index (κ2) is 7.37. The normalized spacial score (nSPS) is 12.7. The molecule has 4 heteroatoms. The van der Waals surface area contributed by atoms with E-state index in [9.17, 15) is 9.50 Å². The Labute approximate surface area is 102 Å². The van der Waals surface area contributed by atoms with Gasteiger partial charge in [0.2, 0.25) is 0 Å². The van der Waals surface area contributed by atoms with Gasteiger partial charge in [-0.05, 0) is 36.6 Å². The molecule has 1 aromatic carbocycles. The summed E-state index contributed by atoms with van der Waals surface area (Å²) >= 11 is 0. The highest BCUT2D eigenvalue weighted by molar-refractivity contribution is 5.27. The van der Waals surface area contributed by atoms with Crippen molar-refractivity contribution in [2.75, 3.05) is 26.8 Å². The maximum absolute atomic E-state index is 12.9. The van der Waals surface area contributed by atoms with E-state index in [1.807, 2.05) is 6.92 Å². The molecule has 0 saturated carbocycles. The summed E-state index contributed by atoms with van der Waals surface area (Å²) in [5, 5.41) is 12.9. The lowest BCUT2D eigenvalue weighted by molar-refractivity contribution is 0.159. The van der Waals surface area contributed by atoms with E-state index in [2.05, 4.69) is 5.32 Å². The quantitative estimate of drug-likeness (QED) is 0.706. The maximum atomic E-state index is 12.9. The number of hydrogen-bond donors (Lipinski definition) is 2. The number of aliphatic hydroxyl groups excluding tert-OH is 1. The van der Waals surface area contributed by atoms with Crippen LogP contribution in [0.1, 0.15) is 11.1 Å². The van der Waals surface area contributed by atoms with Gasteiger partial charge < -0.3 is 15.2 Å². The van der Waals surface area contributed by atoms with Crippen LogP contribution in [0.3, 0.4) is 0 Å². The Bertz CT molecular complexity index is 344. The molecule has 1 aromatic rings. The van der Waals surface area contributed by atoms with E-state index >= 15 is 0 Å². The lowest BCUT2D eigenvalue weighted by atomic mass is 10.0. The second-order valence-electron chi connectivity index (χ2n) is 4.13. The Hall–Kier alpha value is -0.970. The number of ether oxygens (including phenoxy) is 1. The van der Waals surface area contributed by atoms with Crippen LogP contribution in [0.15, 0.2) is 18.2 Å². The van der Waals surface area contributed by atoms with Crippen molar-refractivity contribution in [1.29, 1.82) is 0 Å². The van der Waals surface area contributed by atoms with Gasteiger partial charge in [-0.2, -0.15) is 0 Å². The van der Waals surface area contributed by atoms with Crippen molar-refractivity contribution in [2.45, 2.75) is 19.4 Å². The summed E-state index contributed by atoms with van der Waals surface area (Å²) in [7, 11) is 1.64. The molecule has 0 aliphatic heterocycles. The van der Waals surface area contributed by atoms with Crippen molar-refractivity contribution in [3.8, 4) is 0 Å². The number of benzene rings is 1. The Kier molecular flexibility index (Phi) is 6.11. The van der Waals surface area contributed by atoms with Crippen molar-refractivity contribution in [2.24, 2.45) is 0 Å². The summed E-state index contributed by atoms with van der Waals surface area (Å²) < 4.78 is 17.8. The van der Waals surface area contributed by atoms with Gasteiger partial charge in [-0.15, -0.1) is 0 Å². The first kappa shape index (κ1) is 14.1. The van der Waals surface area contributed by atoms with Gasteiger partial charge in [0, 0.05) is 20.2 Å². The Morgan fingerprint density at radius 3 is 2.88 bits per heavy atom. The van der Waals surface area contributed by atoms with Crippen LogP contribution in [0.4, 0.5) is 4.39 Å². The van der Waals surface area contributed by atoms with Crippen LogP contribution in [0.5, 0.6) is 0 Å². The molecule has 0 heterocycles. The zero-order valence-corrected chi connectivity index (χ0v) is 10.4. The molecule has 17 heavy (non-hydrogen) atoms. The van der Waals surface area contributed by atoms with Crippen LogP contribution in [0.2, 0.25) is 0 Å². The maximum Gasteiger partial charge on any atom is 0.123 e. The summed E-state index contributed by atoms with van der Waals surface area (Å²) in [4.78, 5) is 0. The minimum absolute atomic E-state index is 0.237.